The zero-order valence-corrected chi connectivity index (χ0v) is 8.23. The number of benzene rings is 1. The van der Waals surface area contributed by atoms with Gasteiger partial charge in [0.05, 0.1) is 33.7 Å². The van der Waals surface area contributed by atoms with Crippen molar-refractivity contribution in [3.05, 3.63) is 45.9 Å². The summed E-state index contributed by atoms with van der Waals surface area (Å²) >= 11 is 5.91. The highest BCUT2D eigenvalue weighted by Crippen LogP contribution is 2.34. The van der Waals surface area contributed by atoms with E-state index in [4.69, 9.17) is 11.6 Å². The first kappa shape index (κ1) is 9.67. The van der Waals surface area contributed by atoms with Crippen LogP contribution in [0.1, 0.15) is 0 Å². The van der Waals surface area contributed by atoms with E-state index in [2.05, 4.69) is 9.97 Å². The fourth-order valence-electron chi connectivity index (χ4n) is 1.32. The first-order valence-corrected chi connectivity index (χ1v) is 4.49. The molecular formula is C9H6ClN3O2. The third-order valence-electron chi connectivity index (χ3n) is 1.96. The summed E-state index contributed by atoms with van der Waals surface area (Å²) in [5.74, 6) is 0. The fourth-order valence-corrected chi connectivity index (χ4v) is 1.60. The van der Waals surface area contributed by atoms with E-state index in [0.29, 0.717) is 16.3 Å². The number of hydrogen-bond donors (Lipinski definition) is 1. The Morgan fingerprint density at radius 1 is 1.47 bits per heavy atom. The second-order valence-corrected chi connectivity index (χ2v) is 3.26. The van der Waals surface area contributed by atoms with E-state index < -0.39 is 4.92 Å². The van der Waals surface area contributed by atoms with Crippen LogP contribution in [0.2, 0.25) is 5.02 Å². The Morgan fingerprint density at radius 2 is 2.27 bits per heavy atom. The number of nitro benzene ring substituents is 1. The topological polar surface area (TPSA) is 71.8 Å². The number of rotatable bonds is 2. The molecule has 0 aliphatic rings. The molecule has 1 aromatic heterocycles. The van der Waals surface area contributed by atoms with Crippen molar-refractivity contribution in [2.45, 2.75) is 0 Å². The molecule has 0 radical (unpaired) electrons. The van der Waals surface area contributed by atoms with Crippen molar-refractivity contribution in [1.29, 1.82) is 0 Å². The maximum Gasteiger partial charge on any atom is 0.280 e. The summed E-state index contributed by atoms with van der Waals surface area (Å²) in [6.07, 6.45) is 2.94. The van der Waals surface area contributed by atoms with E-state index in [0.717, 1.165) is 0 Å². The van der Waals surface area contributed by atoms with Gasteiger partial charge in [0, 0.05) is 6.07 Å². The SMILES string of the molecule is O=[N+]([O-])c1cccc(Cl)c1-c1cnc[nH]1. The van der Waals surface area contributed by atoms with Gasteiger partial charge >= 0.3 is 0 Å². The highest BCUT2D eigenvalue weighted by atomic mass is 35.5. The number of imidazole rings is 1. The van der Waals surface area contributed by atoms with Crippen molar-refractivity contribution in [2.75, 3.05) is 0 Å². The van der Waals surface area contributed by atoms with E-state index in [-0.39, 0.29) is 5.69 Å². The van der Waals surface area contributed by atoms with Crippen LogP contribution >= 0.6 is 11.6 Å². The number of aromatic amines is 1. The van der Waals surface area contributed by atoms with E-state index in [9.17, 15) is 10.1 Å². The van der Waals surface area contributed by atoms with E-state index in [1.54, 1.807) is 12.1 Å². The second-order valence-electron chi connectivity index (χ2n) is 2.86. The summed E-state index contributed by atoms with van der Waals surface area (Å²) in [6.45, 7) is 0. The molecule has 0 atom stereocenters. The molecule has 0 spiro atoms. The van der Waals surface area contributed by atoms with Gasteiger partial charge < -0.3 is 4.98 Å². The van der Waals surface area contributed by atoms with Crippen LogP contribution in [0.3, 0.4) is 0 Å². The molecule has 2 aromatic rings. The molecule has 5 nitrogen and oxygen atoms in total. The Hall–Kier alpha value is -1.88. The maximum absolute atomic E-state index is 10.8. The van der Waals surface area contributed by atoms with Gasteiger partial charge in [0.2, 0.25) is 0 Å². The number of nitrogens with one attached hydrogen (secondary N) is 1. The Kier molecular flexibility index (Phi) is 2.39. The molecule has 2 rings (SSSR count). The smallest absolute Gasteiger partial charge is 0.280 e. The molecule has 6 heteroatoms. The quantitative estimate of drug-likeness (QED) is 0.628. The molecule has 76 valence electrons. The molecular weight excluding hydrogens is 218 g/mol. The van der Waals surface area contributed by atoms with Crippen LogP contribution in [0.4, 0.5) is 5.69 Å². The van der Waals surface area contributed by atoms with Gasteiger partial charge in [-0.2, -0.15) is 0 Å². The maximum atomic E-state index is 10.8. The van der Waals surface area contributed by atoms with E-state index >= 15 is 0 Å². The molecule has 0 saturated heterocycles. The molecule has 0 bridgehead atoms. The zero-order chi connectivity index (χ0) is 10.8. The Morgan fingerprint density at radius 3 is 2.87 bits per heavy atom. The fraction of sp³-hybridized carbons (Fsp3) is 0. The summed E-state index contributed by atoms with van der Waals surface area (Å²) in [7, 11) is 0. The molecule has 0 saturated carbocycles. The van der Waals surface area contributed by atoms with Gasteiger partial charge in [0.15, 0.2) is 0 Å². The minimum atomic E-state index is -0.470. The Labute approximate surface area is 89.9 Å². The van der Waals surface area contributed by atoms with Crippen LogP contribution in [-0.4, -0.2) is 14.9 Å². The predicted molar refractivity (Wildman–Crippen MR) is 55.7 cm³/mol. The molecule has 1 aromatic carbocycles. The Bertz CT molecular complexity index is 496. The lowest BCUT2D eigenvalue weighted by Crippen LogP contribution is -1.92. The summed E-state index contributed by atoms with van der Waals surface area (Å²) in [6, 6.07) is 4.55. The lowest BCUT2D eigenvalue weighted by molar-refractivity contribution is -0.384. The molecule has 1 N–H and O–H groups in total. The molecule has 0 unspecified atom stereocenters. The van der Waals surface area contributed by atoms with Crippen molar-refractivity contribution in [2.24, 2.45) is 0 Å². The number of halogens is 1. The number of nitro groups is 1. The average Bonchev–Trinajstić information content (AvgIpc) is 2.70. The standard InChI is InChI=1S/C9H6ClN3O2/c10-6-2-1-3-8(13(14)15)9(6)7-4-11-5-12-7/h1-5H,(H,11,12). The van der Waals surface area contributed by atoms with Crippen molar-refractivity contribution < 1.29 is 4.92 Å². The first-order chi connectivity index (χ1) is 7.20. The van der Waals surface area contributed by atoms with Gasteiger partial charge in [-0.25, -0.2) is 4.98 Å². The highest BCUT2D eigenvalue weighted by Gasteiger charge is 2.18. The summed E-state index contributed by atoms with van der Waals surface area (Å²) < 4.78 is 0. The zero-order valence-electron chi connectivity index (χ0n) is 7.48. The monoisotopic (exact) mass is 223 g/mol. The average molecular weight is 224 g/mol. The summed E-state index contributed by atoms with van der Waals surface area (Å²) in [5, 5.41) is 11.1. The minimum absolute atomic E-state index is 0.0354. The molecule has 0 aliphatic carbocycles. The molecule has 0 amide bonds. The molecule has 0 aliphatic heterocycles. The van der Waals surface area contributed by atoms with Gasteiger partial charge in [-0.1, -0.05) is 17.7 Å². The number of hydrogen-bond acceptors (Lipinski definition) is 3. The third-order valence-corrected chi connectivity index (χ3v) is 2.27. The van der Waals surface area contributed by atoms with E-state index in [1.807, 2.05) is 0 Å². The lowest BCUT2D eigenvalue weighted by atomic mass is 10.1. The van der Waals surface area contributed by atoms with Gasteiger partial charge in [-0.3, -0.25) is 10.1 Å². The van der Waals surface area contributed by atoms with Crippen molar-refractivity contribution in [1.82, 2.24) is 9.97 Å². The Balaban J connectivity index is 2.68. The second kappa shape index (κ2) is 3.70. The predicted octanol–water partition coefficient (Wildman–Crippen LogP) is 2.64. The van der Waals surface area contributed by atoms with Crippen LogP contribution in [0, 0.1) is 10.1 Å². The van der Waals surface area contributed by atoms with Gasteiger partial charge in [0.1, 0.15) is 0 Å². The lowest BCUT2D eigenvalue weighted by Gasteiger charge is -2.01. The number of nitrogens with zero attached hydrogens (tertiary/aromatic N) is 2. The highest BCUT2D eigenvalue weighted by molar-refractivity contribution is 6.33. The van der Waals surface area contributed by atoms with Gasteiger partial charge in [0.25, 0.3) is 5.69 Å². The van der Waals surface area contributed by atoms with Crippen LogP contribution in [-0.2, 0) is 0 Å². The van der Waals surface area contributed by atoms with Crippen molar-refractivity contribution in [3.63, 3.8) is 0 Å². The van der Waals surface area contributed by atoms with Gasteiger partial charge in [-0.05, 0) is 6.07 Å². The van der Waals surface area contributed by atoms with Crippen LogP contribution < -0.4 is 0 Å². The summed E-state index contributed by atoms with van der Waals surface area (Å²) in [4.78, 5) is 16.9. The first-order valence-electron chi connectivity index (χ1n) is 4.12. The third kappa shape index (κ3) is 1.69. The van der Waals surface area contributed by atoms with Gasteiger partial charge in [-0.15, -0.1) is 0 Å². The largest absolute Gasteiger partial charge is 0.344 e. The summed E-state index contributed by atoms with van der Waals surface area (Å²) in [5.41, 5.74) is 0.862. The van der Waals surface area contributed by atoms with Crippen LogP contribution in [0.15, 0.2) is 30.7 Å². The molecule has 0 fully saturated rings. The normalized spacial score (nSPS) is 10.2. The molecule has 15 heavy (non-hydrogen) atoms. The van der Waals surface area contributed by atoms with Crippen LogP contribution in [0.25, 0.3) is 11.3 Å². The van der Waals surface area contributed by atoms with Crippen LogP contribution in [0.5, 0.6) is 0 Å². The number of H-pyrrole nitrogens is 1. The van der Waals surface area contributed by atoms with E-state index in [1.165, 1.54) is 18.6 Å². The van der Waals surface area contributed by atoms with Crippen molar-refractivity contribution in [3.8, 4) is 11.3 Å². The molecule has 1 heterocycles. The minimum Gasteiger partial charge on any atom is -0.344 e. The number of aromatic nitrogens is 2. The van der Waals surface area contributed by atoms with Crippen molar-refractivity contribution >= 4 is 17.3 Å².